The third-order valence-corrected chi connectivity index (χ3v) is 6.91. The average molecular weight is 454 g/mol. The number of aromatic nitrogens is 1. The minimum atomic E-state index is 0.253. The average Bonchev–Trinajstić information content (AvgIpc) is 3.21. The van der Waals surface area contributed by atoms with Gasteiger partial charge in [0.15, 0.2) is 0 Å². The molecule has 0 aliphatic carbocycles. The van der Waals surface area contributed by atoms with Crippen LogP contribution in [0.4, 0.5) is 0 Å². The number of carbonyl (C=O) groups excluding carboxylic acids is 1. The van der Waals surface area contributed by atoms with Crippen LogP contribution in [0.5, 0.6) is 0 Å². The van der Waals surface area contributed by atoms with Crippen molar-refractivity contribution in [2.75, 3.05) is 13.1 Å². The van der Waals surface area contributed by atoms with Gasteiger partial charge in [-0.25, -0.2) is 0 Å². The van der Waals surface area contributed by atoms with Crippen molar-refractivity contribution in [2.45, 2.75) is 53.4 Å². The number of likely N-dealkylation sites (tertiary alicyclic amines) is 1. The molecule has 34 heavy (non-hydrogen) atoms. The summed E-state index contributed by atoms with van der Waals surface area (Å²) >= 11 is 0. The van der Waals surface area contributed by atoms with Gasteiger partial charge in [0.05, 0.1) is 18.2 Å². The molecule has 0 bridgehead atoms. The first-order valence-corrected chi connectivity index (χ1v) is 12.4. The lowest BCUT2D eigenvalue weighted by Gasteiger charge is -2.35. The van der Waals surface area contributed by atoms with Gasteiger partial charge in [-0.05, 0) is 73.9 Å². The van der Waals surface area contributed by atoms with Gasteiger partial charge in [0, 0.05) is 36.5 Å². The van der Waals surface area contributed by atoms with Gasteiger partial charge >= 0.3 is 0 Å². The lowest BCUT2D eigenvalue weighted by molar-refractivity contribution is -0.133. The van der Waals surface area contributed by atoms with Crippen LogP contribution in [0.1, 0.15) is 49.1 Å². The topological polar surface area (TPSA) is 49.0 Å². The monoisotopic (exact) mass is 453 g/mol. The molecule has 2 aromatic carbocycles. The maximum Gasteiger partial charge on any atom is 0.222 e. The first-order valence-electron chi connectivity index (χ1n) is 12.4. The highest BCUT2D eigenvalue weighted by atomic mass is 16.2. The van der Waals surface area contributed by atoms with Crippen LogP contribution in [0.2, 0.25) is 0 Å². The molecule has 0 unspecified atom stereocenters. The molecule has 1 aromatic heterocycles. The predicted octanol–water partition coefficient (Wildman–Crippen LogP) is 6.26. The summed E-state index contributed by atoms with van der Waals surface area (Å²) in [5, 5.41) is 9.03. The van der Waals surface area contributed by atoms with Crippen LogP contribution in [0.25, 0.3) is 16.9 Å². The molecule has 2 atom stereocenters. The van der Waals surface area contributed by atoms with E-state index in [1.165, 1.54) is 23.1 Å². The summed E-state index contributed by atoms with van der Waals surface area (Å²) in [4.78, 5) is 15.1. The summed E-state index contributed by atoms with van der Waals surface area (Å²) in [5.74, 6) is 1.39. The van der Waals surface area contributed by atoms with Crippen LogP contribution in [0.15, 0.2) is 54.6 Å². The lowest BCUT2D eigenvalue weighted by atomic mass is 9.91. The molecule has 4 heteroatoms. The molecule has 0 saturated carbocycles. The Morgan fingerprint density at radius 2 is 1.71 bits per heavy atom. The van der Waals surface area contributed by atoms with Gasteiger partial charge in [-0.2, -0.15) is 5.26 Å². The van der Waals surface area contributed by atoms with Crippen molar-refractivity contribution in [2.24, 2.45) is 11.8 Å². The normalized spacial score (nSPS) is 18.0. The molecule has 1 aliphatic heterocycles. The van der Waals surface area contributed by atoms with Crippen molar-refractivity contribution >= 4 is 5.91 Å². The number of amides is 1. The van der Waals surface area contributed by atoms with Gasteiger partial charge in [0.1, 0.15) is 0 Å². The molecular weight excluding hydrogens is 418 g/mol. The number of hydrogen-bond acceptors (Lipinski definition) is 2. The van der Waals surface area contributed by atoms with Crippen molar-refractivity contribution in [3.8, 4) is 23.0 Å². The summed E-state index contributed by atoms with van der Waals surface area (Å²) in [6.07, 6.45) is 2.82. The maximum absolute atomic E-state index is 13.1. The van der Waals surface area contributed by atoms with Gasteiger partial charge in [-0.1, -0.05) is 49.7 Å². The number of aryl methyl sites for hydroxylation is 3. The molecule has 0 N–H and O–H groups in total. The van der Waals surface area contributed by atoms with E-state index in [-0.39, 0.29) is 5.91 Å². The SMILES string of the molecule is Cc1ccc(-c2ccc(CCC(=O)N3C[C@@H](C)C[C@H](C)C3)n2-c2ccc(CC#N)cc2)c(C)c1. The summed E-state index contributed by atoms with van der Waals surface area (Å²) < 4.78 is 2.28. The Balaban J connectivity index is 1.65. The Labute approximate surface area is 203 Å². The number of benzene rings is 2. The quantitative estimate of drug-likeness (QED) is 0.442. The molecule has 4 nitrogen and oxygen atoms in total. The van der Waals surface area contributed by atoms with Crippen LogP contribution < -0.4 is 0 Å². The van der Waals surface area contributed by atoms with Crippen LogP contribution in [0.3, 0.4) is 0 Å². The summed E-state index contributed by atoms with van der Waals surface area (Å²) in [7, 11) is 0. The number of nitriles is 1. The highest BCUT2D eigenvalue weighted by Crippen LogP contribution is 2.31. The minimum absolute atomic E-state index is 0.253. The summed E-state index contributed by atoms with van der Waals surface area (Å²) in [6.45, 7) is 10.5. The van der Waals surface area contributed by atoms with E-state index in [9.17, 15) is 4.79 Å². The molecule has 1 fully saturated rings. The van der Waals surface area contributed by atoms with Gasteiger partial charge in [-0.15, -0.1) is 0 Å². The second kappa shape index (κ2) is 10.3. The van der Waals surface area contributed by atoms with E-state index < -0.39 is 0 Å². The molecule has 1 aliphatic rings. The zero-order valence-corrected chi connectivity index (χ0v) is 20.8. The van der Waals surface area contributed by atoms with Gasteiger partial charge in [-0.3, -0.25) is 4.79 Å². The number of hydrogen-bond donors (Lipinski definition) is 0. The fraction of sp³-hybridized carbons (Fsp3) is 0.400. The predicted molar refractivity (Wildman–Crippen MR) is 138 cm³/mol. The number of nitrogens with zero attached hydrogens (tertiary/aromatic N) is 3. The second-order valence-electron chi connectivity index (χ2n) is 10.1. The van der Waals surface area contributed by atoms with E-state index in [2.05, 4.69) is 85.7 Å². The van der Waals surface area contributed by atoms with Crippen molar-refractivity contribution in [3.05, 3.63) is 77.0 Å². The highest BCUT2D eigenvalue weighted by Gasteiger charge is 2.25. The Hall–Kier alpha value is -3.32. The molecular formula is C30H35N3O. The van der Waals surface area contributed by atoms with E-state index in [4.69, 9.17) is 5.26 Å². The Morgan fingerprint density at radius 1 is 1.00 bits per heavy atom. The van der Waals surface area contributed by atoms with Gasteiger partial charge in [0.25, 0.3) is 0 Å². The van der Waals surface area contributed by atoms with Gasteiger partial charge < -0.3 is 9.47 Å². The van der Waals surface area contributed by atoms with Crippen molar-refractivity contribution in [1.82, 2.24) is 9.47 Å². The number of piperidine rings is 1. The van der Waals surface area contributed by atoms with E-state index in [1.807, 2.05) is 12.1 Å². The third-order valence-electron chi connectivity index (χ3n) is 6.91. The van der Waals surface area contributed by atoms with Crippen LogP contribution >= 0.6 is 0 Å². The minimum Gasteiger partial charge on any atom is -0.342 e. The Bertz CT molecular complexity index is 1190. The fourth-order valence-corrected chi connectivity index (χ4v) is 5.40. The van der Waals surface area contributed by atoms with E-state index in [0.29, 0.717) is 31.1 Å². The Kier molecular flexibility index (Phi) is 7.22. The van der Waals surface area contributed by atoms with E-state index in [1.54, 1.807) is 0 Å². The van der Waals surface area contributed by atoms with Gasteiger partial charge in [0.2, 0.25) is 5.91 Å². The molecule has 2 heterocycles. The standard InChI is InChI=1S/C30H35N3O/c1-21-5-12-28(24(4)18-21)29-13-10-27(33(29)26-8-6-25(7-9-26)15-16-31)11-14-30(34)32-19-22(2)17-23(3)20-32/h5-10,12-13,18,22-23H,11,14-15,17,19-20H2,1-4H3/t22-,23-/m0/s1. The van der Waals surface area contributed by atoms with Crippen molar-refractivity contribution in [3.63, 3.8) is 0 Å². The number of carbonyl (C=O) groups is 1. The molecule has 0 spiro atoms. The largest absolute Gasteiger partial charge is 0.342 e. The molecule has 3 aromatic rings. The first-order chi connectivity index (χ1) is 16.4. The number of rotatable bonds is 6. The summed E-state index contributed by atoms with van der Waals surface area (Å²) in [6, 6.07) is 21.3. The molecule has 1 saturated heterocycles. The molecule has 0 radical (unpaired) electrons. The van der Waals surface area contributed by atoms with E-state index in [0.717, 1.165) is 35.7 Å². The van der Waals surface area contributed by atoms with Crippen molar-refractivity contribution in [1.29, 1.82) is 5.26 Å². The van der Waals surface area contributed by atoms with Crippen molar-refractivity contribution < 1.29 is 4.79 Å². The van der Waals surface area contributed by atoms with Crippen LogP contribution in [0, 0.1) is 37.0 Å². The lowest BCUT2D eigenvalue weighted by Crippen LogP contribution is -2.42. The first kappa shape index (κ1) is 23.8. The fourth-order valence-electron chi connectivity index (χ4n) is 5.40. The maximum atomic E-state index is 13.1. The molecule has 176 valence electrons. The molecule has 4 rings (SSSR count). The highest BCUT2D eigenvalue weighted by molar-refractivity contribution is 5.77. The van der Waals surface area contributed by atoms with E-state index >= 15 is 0 Å². The van der Waals surface area contributed by atoms with Crippen LogP contribution in [-0.2, 0) is 17.6 Å². The zero-order valence-electron chi connectivity index (χ0n) is 20.8. The third kappa shape index (κ3) is 5.25. The smallest absolute Gasteiger partial charge is 0.222 e. The molecule has 1 amide bonds. The summed E-state index contributed by atoms with van der Waals surface area (Å²) in [5.41, 5.74) is 8.02. The Morgan fingerprint density at radius 3 is 2.35 bits per heavy atom. The zero-order chi connectivity index (χ0) is 24.2. The second-order valence-corrected chi connectivity index (χ2v) is 10.1. The van der Waals surface area contributed by atoms with Crippen LogP contribution in [-0.4, -0.2) is 28.5 Å².